The molecule has 0 aromatic rings. The molecule has 0 rings (SSSR count). The Hall–Kier alpha value is -3.18. The second kappa shape index (κ2) is 58.1. The molecule has 0 saturated carbocycles. The number of unbranched alkanes of at least 4 members (excludes halogenated alkanes) is 26. The smallest absolute Gasteiger partial charge is 0.310 e. The number of rotatable bonds is 52. The van der Waals surface area contributed by atoms with Gasteiger partial charge in [0.15, 0.2) is 6.10 Å². The molecule has 0 spiro atoms. The van der Waals surface area contributed by atoms with Crippen molar-refractivity contribution in [3.05, 3.63) is 97.2 Å². The molecule has 5 heteroatoms. The van der Waals surface area contributed by atoms with E-state index in [9.17, 15) is 9.59 Å². The van der Waals surface area contributed by atoms with Crippen LogP contribution in [-0.4, -0.2) is 37.9 Å². The quantitative estimate of drug-likeness (QED) is 0.0345. The van der Waals surface area contributed by atoms with E-state index < -0.39 is 6.10 Å². The molecule has 0 aliphatic rings. The molecular formula is C63H108O5. The van der Waals surface area contributed by atoms with Crippen molar-refractivity contribution in [2.75, 3.05) is 19.8 Å². The number of ether oxygens (including phenoxy) is 3. The molecule has 0 aromatic carbocycles. The zero-order chi connectivity index (χ0) is 49.2. The van der Waals surface area contributed by atoms with Gasteiger partial charge in [-0.3, -0.25) is 9.59 Å². The molecule has 0 heterocycles. The van der Waals surface area contributed by atoms with E-state index in [0.717, 1.165) is 83.5 Å². The van der Waals surface area contributed by atoms with Gasteiger partial charge in [-0.25, -0.2) is 0 Å². The van der Waals surface area contributed by atoms with Crippen LogP contribution < -0.4 is 0 Å². The number of allylic oxidation sites excluding steroid dienone is 15. The number of hydrogen-bond donors (Lipinski definition) is 0. The summed E-state index contributed by atoms with van der Waals surface area (Å²) in [5.74, 6) is -0.553. The van der Waals surface area contributed by atoms with Gasteiger partial charge in [-0.1, -0.05) is 266 Å². The van der Waals surface area contributed by atoms with Crippen molar-refractivity contribution in [1.29, 1.82) is 0 Å². The Morgan fingerprint density at radius 1 is 0.353 bits per heavy atom. The molecule has 0 aliphatic heterocycles. The van der Waals surface area contributed by atoms with Crippen LogP contribution in [0.15, 0.2) is 97.2 Å². The van der Waals surface area contributed by atoms with Crippen LogP contribution >= 0.6 is 0 Å². The molecule has 390 valence electrons. The highest BCUT2D eigenvalue weighted by Crippen LogP contribution is 2.15. The van der Waals surface area contributed by atoms with E-state index >= 15 is 0 Å². The summed E-state index contributed by atoms with van der Waals surface area (Å²) in [5, 5.41) is 0. The minimum Gasteiger partial charge on any atom is -0.462 e. The van der Waals surface area contributed by atoms with Gasteiger partial charge in [0.1, 0.15) is 6.61 Å². The first-order chi connectivity index (χ1) is 33.6. The zero-order valence-electron chi connectivity index (χ0n) is 44.8. The van der Waals surface area contributed by atoms with Crippen molar-refractivity contribution in [2.45, 2.75) is 271 Å². The Bertz CT molecular complexity index is 1300. The van der Waals surface area contributed by atoms with Crippen molar-refractivity contribution in [3.63, 3.8) is 0 Å². The van der Waals surface area contributed by atoms with Gasteiger partial charge in [-0.15, -0.1) is 0 Å². The normalized spacial score (nSPS) is 12.9. The van der Waals surface area contributed by atoms with E-state index in [4.69, 9.17) is 14.2 Å². The third kappa shape index (κ3) is 55.4. The van der Waals surface area contributed by atoms with Crippen molar-refractivity contribution in [3.8, 4) is 0 Å². The highest BCUT2D eigenvalue weighted by atomic mass is 16.6. The Morgan fingerprint density at radius 3 is 1.16 bits per heavy atom. The van der Waals surface area contributed by atoms with Crippen molar-refractivity contribution >= 4 is 11.9 Å². The Kier molecular flexibility index (Phi) is 55.4. The predicted octanol–water partition coefficient (Wildman–Crippen LogP) is 19.8. The summed E-state index contributed by atoms with van der Waals surface area (Å²) >= 11 is 0. The van der Waals surface area contributed by atoms with Crippen LogP contribution in [0.25, 0.3) is 0 Å². The van der Waals surface area contributed by atoms with Gasteiger partial charge in [0.25, 0.3) is 0 Å². The highest BCUT2D eigenvalue weighted by Gasteiger charge is 2.17. The van der Waals surface area contributed by atoms with Crippen molar-refractivity contribution < 1.29 is 23.8 Å². The van der Waals surface area contributed by atoms with E-state index in [1.165, 1.54) is 148 Å². The number of carbonyl (C=O) groups is 2. The van der Waals surface area contributed by atoms with E-state index in [1.54, 1.807) is 0 Å². The summed E-state index contributed by atoms with van der Waals surface area (Å²) in [6, 6.07) is 0. The van der Waals surface area contributed by atoms with Gasteiger partial charge in [0.05, 0.1) is 13.0 Å². The molecule has 1 atom stereocenters. The molecule has 1 unspecified atom stereocenters. The van der Waals surface area contributed by atoms with E-state index in [-0.39, 0.29) is 31.6 Å². The van der Waals surface area contributed by atoms with Crippen LogP contribution in [0.5, 0.6) is 0 Å². The fourth-order valence-corrected chi connectivity index (χ4v) is 7.89. The first-order valence-electron chi connectivity index (χ1n) is 28.8. The zero-order valence-corrected chi connectivity index (χ0v) is 44.8. The summed E-state index contributed by atoms with van der Waals surface area (Å²) < 4.78 is 17.4. The van der Waals surface area contributed by atoms with Gasteiger partial charge >= 0.3 is 11.9 Å². The minimum absolute atomic E-state index is 0.0366. The van der Waals surface area contributed by atoms with Gasteiger partial charge in [-0.05, 0) is 83.5 Å². The summed E-state index contributed by atoms with van der Waals surface area (Å²) in [6.07, 6.45) is 78.8. The highest BCUT2D eigenvalue weighted by molar-refractivity contribution is 5.71. The van der Waals surface area contributed by atoms with Crippen molar-refractivity contribution in [1.82, 2.24) is 0 Å². The van der Waals surface area contributed by atoms with Gasteiger partial charge < -0.3 is 14.2 Å². The van der Waals surface area contributed by atoms with Gasteiger partial charge in [0, 0.05) is 13.0 Å². The molecule has 0 fully saturated rings. The Balaban J connectivity index is 4.38. The van der Waals surface area contributed by atoms with Gasteiger partial charge in [0.2, 0.25) is 0 Å². The molecule has 0 radical (unpaired) electrons. The molecule has 0 bridgehead atoms. The predicted molar refractivity (Wildman–Crippen MR) is 297 cm³/mol. The van der Waals surface area contributed by atoms with E-state index in [2.05, 4.69) is 106 Å². The lowest BCUT2D eigenvalue weighted by Crippen LogP contribution is -2.29. The third-order valence-electron chi connectivity index (χ3n) is 12.1. The maximum absolute atomic E-state index is 12.8. The molecule has 0 amide bonds. The lowest BCUT2D eigenvalue weighted by Gasteiger charge is -2.18. The minimum atomic E-state index is -0.600. The molecule has 5 nitrogen and oxygen atoms in total. The largest absolute Gasteiger partial charge is 0.462 e. The summed E-state index contributed by atoms with van der Waals surface area (Å²) in [4.78, 5) is 25.4. The second-order valence-electron chi connectivity index (χ2n) is 18.8. The summed E-state index contributed by atoms with van der Waals surface area (Å²) in [7, 11) is 0. The van der Waals surface area contributed by atoms with E-state index in [0.29, 0.717) is 13.0 Å². The fraction of sp³-hybridized carbons (Fsp3) is 0.714. The van der Waals surface area contributed by atoms with Crippen LogP contribution in [0.4, 0.5) is 0 Å². The molecule has 68 heavy (non-hydrogen) atoms. The average Bonchev–Trinajstić information content (AvgIpc) is 3.34. The first-order valence-corrected chi connectivity index (χ1v) is 28.8. The topological polar surface area (TPSA) is 61.8 Å². The van der Waals surface area contributed by atoms with Crippen LogP contribution in [0, 0.1) is 0 Å². The summed E-state index contributed by atoms with van der Waals surface area (Å²) in [6.45, 7) is 7.59. The Morgan fingerprint density at radius 2 is 0.706 bits per heavy atom. The number of carbonyl (C=O) groups excluding carboxylic acids is 2. The average molecular weight is 946 g/mol. The van der Waals surface area contributed by atoms with Crippen LogP contribution in [0.1, 0.15) is 265 Å². The molecule has 0 aromatic heterocycles. The lowest BCUT2D eigenvalue weighted by molar-refractivity contribution is -0.162. The Labute approximate surface area is 422 Å². The van der Waals surface area contributed by atoms with Crippen LogP contribution in [-0.2, 0) is 23.8 Å². The first kappa shape index (κ1) is 64.8. The van der Waals surface area contributed by atoms with Crippen LogP contribution in [0.2, 0.25) is 0 Å². The maximum Gasteiger partial charge on any atom is 0.310 e. The maximum atomic E-state index is 12.8. The molecule has 0 saturated heterocycles. The van der Waals surface area contributed by atoms with Crippen molar-refractivity contribution in [2.24, 2.45) is 0 Å². The van der Waals surface area contributed by atoms with Crippen LogP contribution in [0.3, 0.4) is 0 Å². The third-order valence-corrected chi connectivity index (χ3v) is 12.1. The molecule has 0 N–H and O–H groups in total. The molecule has 0 aliphatic carbocycles. The van der Waals surface area contributed by atoms with Gasteiger partial charge in [-0.2, -0.15) is 0 Å². The van der Waals surface area contributed by atoms with E-state index in [1.807, 2.05) is 12.2 Å². The second-order valence-corrected chi connectivity index (χ2v) is 18.8. The molecular weight excluding hydrogens is 837 g/mol. The summed E-state index contributed by atoms with van der Waals surface area (Å²) in [5.41, 5.74) is 0. The number of hydrogen-bond acceptors (Lipinski definition) is 5. The lowest BCUT2D eigenvalue weighted by atomic mass is 10.0. The monoisotopic (exact) mass is 945 g/mol. The standard InChI is InChI=1S/C63H108O5/c1-4-7-10-13-16-19-22-25-28-30-32-33-36-38-41-44-47-50-53-56-62(64)67-60-61(68-63(65)57-54-51-48-45-42-39-35-27-24-21-18-15-12-9-6-3)59-66-58-55-52-49-46-43-40-37-34-31-29-26-23-20-17-14-11-8-5-2/h9,12,16,18-19,21,25,27-28,32-33,35,42,45,51,54,61H,4-8,10-11,13-15,17,20,22-24,26,29-31,34,36-41,43-44,46-50,52-53,55-60H2,1-3H3/b12-9-,19-16-,21-18-,28-25-,33-32-,35-27-,45-42-,54-51-. The SMILES string of the molecule is CC/C=C\C/C=C\C/C=C\C/C=C\C/C=C\CC(=O)OC(COCCCCCCCCCCCCCCCCCCCC)COC(=O)CCCCCCCC/C=C\C/C=C\C/C=C\CCCCC. The number of esters is 2. The fourth-order valence-electron chi connectivity index (χ4n) is 7.89.